The number of piperazine rings is 1. The van der Waals surface area contributed by atoms with Gasteiger partial charge in [0.25, 0.3) is 17.6 Å². The molecule has 1 unspecified atom stereocenters. The van der Waals surface area contributed by atoms with Gasteiger partial charge in [0.05, 0.1) is 16.8 Å². The van der Waals surface area contributed by atoms with E-state index < -0.39 is 31.2 Å². The predicted octanol–water partition coefficient (Wildman–Crippen LogP) is 1.28. The van der Waals surface area contributed by atoms with Crippen LogP contribution < -0.4 is 26.7 Å². The zero-order chi connectivity index (χ0) is 34.9. The number of ketones is 1. The summed E-state index contributed by atoms with van der Waals surface area (Å²) < 4.78 is 0. The van der Waals surface area contributed by atoms with Crippen LogP contribution >= 0.6 is 0 Å². The molecule has 0 aliphatic carbocycles. The minimum atomic E-state index is -1.63. The molecule has 1 fully saturated rings. The van der Waals surface area contributed by atoms with Crippen molar-refractivity contribution in [2.75, 3.05) is 43.4 Å². The number of para-hydroxylation sites is 1. The summed E-state index contributed by atoms with van der Waals surface area (Å²) in [7, 11) is -1.63. The number of carbonyl (C=O) groups is 4. The first-order valence-electron chi connectivity index (χ1n) is 16.1. The number of nitrogens with zero attached hydrogens (tertiary/aromatic N) is 2. The van der Waals surface area contributed by atoms with Crippen LogP contribution in [0.5, 0.6) is 0 Å². The average Bonchev–Trinajstić information content (AvgIpc) is 3.54. The van der Waals surface area contributed by atoms with Crippen LogP contribution in [0.25, 0.3) is 10.9 Å². The molecule has 14 nitrogen and oxygen atoms in total. The zero-order valence-corrected chi connectivity index (χ0v) is 27.1. The van der Waals surface area contributed by atoms with E-state index in [1.807, 2.05) is 13.0 Å². The van der Waals surface area contributed by atoms with Crippen molar-refractivity contribution in [3.05, 3.63) is 90.1 Å². The fourth-order valence-corrected chi connectivity index (χ4v) is 5.76. The van der Waals surface area contributed by atoms with Gasteiger partial charge in [-0.3, -0.25) is 19.7 Å². The molecule has 8 N–H and O–H groups in total. The Bertz CT molecular complexity index is 1790. The highest BCUT2D eigenvalue weighted by atomic mass is 16.4. The summed E-state index contributed by atoms with van der Waals surface area (Å²) in [6.07, 6.45) is 1.65. The smallest absolute Gasteiger partial charge is 0.423 e. The van der Waals surface area contributed by atoms with Crippen molar-refractivity contribution in [1.29, 1.82) is 0 Å². The molecule has 256 valence electrons. The number of nitrogens with one attached hydrogen (secondary N) is 5. The van der Waals surface area contributed by atoms with Gasteiger partial charge in [0.1, 0.15) is 0 Å². The molecular weight excluding hydrogens is 629 g/mol. The molecule has 1 aliphatic rings. The molecule has 4 amide bonds. The van der Waals surface area contributed by atoms with Crippen LogP contribution in [0.4, 0.5) is 16.2 Å². The maximum Gasteiger partial charge on any atom is 0.488 e. The lowest BCUT2D eigenvalue weighted by molar-refractivity contribution is -0.130. The molecular formula is C34H40BN7O7. The van der Waals surface area contributed by atoms with Crippen LogP contribution in [-0.4, -0.2) is 106 Å². The molecule has 2 atom stereocenters. The van der Waals surface area contributed by atoms with Gasteiger partial charge in [-0.05, 0) is 62.1 Å². The third kappa shape index (κ3) is 8.83. The largest absolute Gasteiger partial charge is 0.488 e. The van der Waals surface area contributed by atoms with Crippen molar-refractivity contribution in [3.63, 3.8) is 0 Å². The van der Waals surface area contributed by atoms with E-state index in [0.717, 1.165) is 0 Å². The van der Waals surface area contributed by atoms with E-state index in [9.17, 15) is 34.3 Å². The summed E-state index contributed by atoms with van der Waals surface area (Å²) >= 11 is 0. The number of aliphatic hydroxyl groups excluding tert-OH is 1. The topological polar surface area (TPSA) is 199 Å². The van der Waals surface area contributed by atoms with Crippen LogP contribution in [0.1, 0.15) is 40.5 Å². The van der Waals surface area contributed by atoms with E-state index in [1.54, 1.807) is 59.5 Å². The van der Waals surface area contributed by atoms with Crippen molar-refractivity contribution >= 4 is 58.5 Å². The SMILES string of the molecule is C[C@@H]1CN(C(=O)c2ccccc2)CCN1C(=O)C(=O)c1c[nH]c2c(NC(O)NCCCCNC(=O)Nc3cccc(B(O)O)c3)cccc12. The molecule has 1 aliphatic heterocycles. The molecule has 1 saturated heterocycles. The molecule has 0 radical (unpaired) electrons. The van der Waals surface area contributed by atoms with Gasteiger partial charge < -0.3 is 45.9 Å². The van der Waals surface area contributed by atoms with Crippen LogP contribution in [0.2, 0.25) is 0 Å². The third-order valence-electron chi connectivity index (χ3n) is 8.31. The fourth-order valence-electron chi connectivity index (χ4n) is 5.76. The minimum absolute atomic E-state index is 0.109. The predicted molar refractivity (Wildman–Crippen MR) is 186 cm³/mol. The fraction of sp³-hybridized carbons (Fsp3) is 0.294. The number of H-pyrrole nitrogens is 1. The number of benzene rings is 3. The number of amides is 4. The second-order valence-electron chi connectivity index (χ2n) is 11.8. The Morgan fingerprint density at radius 1 is 0.959 bits per heavy atom. The van der Waals surface area contributed by atoms with E-state index >= 15 is 0 Å². The number of Topliss-reactive ketones (excluding diaryl/α,β-unsaturated/α-hetero) is 1. The molecule has 2 heterocycles. The van der Waals surface area contributed by atoms with Crippen molar-refractivity contribution in [2.24, 2.45) is 0 Å². The highest BCUT2D eigenvalue weighted by Crippen LogP contribution is 2.27. The van der Waals surface area contributed by atoms with Crippen molar-refractivity contribution in [3.8, 4) is 0 Å². The average molecular weight is 670 g/mol. The molecule has 0 spiro atoms. The van der Waals surface area contributed by atoms with Crippen molar-refractivity contribution < 1.29 is 34.3 Å². The molecule has 0 bridgehead atoms. The van der Waals surface area contributed by atoms with Gasteiger partial charge in [0.15, 0.2) is 6.35 Å². The number of aliphatic hydroxyl groups is 1. The van der Waals surface area contributed by atoms with E-state index in [2.05, 4.69) is 26.3 Å². The highest BCUT2D eigenvalue weighted by molar-refractivity contribution is 6.58. The lowest BCUT2D eigenvalue weighted by Gasteiger charge is -2.39. The normalized spacial score (nSPS) is 15.1. The maximum absolute atomic E-state index is 13.4. The second kappa shape index (κ2) is 16.3. The lowest BCUT2D eigenvalue weighted by atomic mass is 9.80. The van der Waals surface area contributed by atoms with Gasteiger partial charge in [-0.1, -0.05) is 42.5 Å². The van der Waals surface area contributed by atoms with Gasteiger partial charge in [0, 0.05) is 55.1 Å². The monoisotopic (exact) mass is 669 g/mol. The summed E-state index contributed by atoms with van der Waals surface area (Å²) in [5, 5.41) is 40.9. The number of fused-ring (bicyclic) bond motifs is 1. The van der Waals surface area contributed by atoms with Gasteiger partial charge in [0.2, 0.25) is 0 Å². The number of anilines is 2. The van der Waals surface area contributed by atoms with Crippen LogP contribution in [-0.2, 0) is 4.79 Å². The van der Waals surface area contributed by atoms with Gasteiger partial charge >= 0.3 is 13.1 Å². The molecule has 0 saturated carbocycles. The summed E-state index contributed by atoms with van der Waals surface area (Å²) in [6, 6.07) is 19.6. The lowest BCUT2D eigenvalue weighted by Crippen LogP contribution is -2.56. The number of rotatable bonds is 13. The number of hydrogen-bond acceptors (Lipinski definition) is 9. The number of hydrogen-bond donors (Lipinski definition) is 8. The van der Waals surface area contributed by atoms with E-state index in [0.29, 0.717) is 66.9 Å². The highest BCUT2D eigenvalue weighted by Gasteiger charge is 2.34. The minimum Gasteiger partial charge on any atom is -0.423 e. The Labute approximate surface area is 283 Å². The standard InChI is InChI=1S/C34H40BN7O7/c1-22-21-41(31(44)23-9-3-2-4-10-23)17-18-42(22)32(45)30(43)27-20-38-29-26(27)13-8-14-28(29)40-34(47)37-16-6-5-15-36-33(46)39-25-12-7-11-24(19-25)35(48)49/h2-4,7-14,19-20,22,34,37-38,40,47-49H,5-6,15-18,21H2,1H3,(H2,36,39,46)/t22-,34?/m1/s1. The molecule has 49 heavy (non-hydrogen) atoms. The van der Waals surface area contributed by atoms with Gasteiger partial charge in [-0.15, -0.1) is 0 Å². The summed E-state index contributed by atoms with van der Waals surface area (Å²) in [5.41, 5.74) is 2.58. The Hall–Kier alpha value is -5.22. The van der Waals surface area contributed by atoms with E-state index in [-0.39, 0.29) is 29.5 Å². The quantitative estimate of drug-likeness (QED) is 0.0340. The number of unbranched alkanes of at least 4 members (excludes halogenated alkanes) is 1. The third-order valence-corrected chi connectivity index (χ3v) is 8.31. The Morgan fingerprint density at radius 2 is 1.71 bits per heavy atom. The molecule has 3 aromatic carbocycles. The zero-order valence-electron chi connectivity index (χ0n) is 27.1. The first-order valence-corrected chi connectivity index (χ1v) is 16.1. The number of carbonyl (C=O) groups excluding carboxylic acids is 4. The Balaban J connectivity index is 1.07. The van der Waals surface area contributed by atoms with E-state index in [1.165, 1.54) is 23.2 Å². The molecule has 1 aromatic heterocycles. The van der Waals surface area contributed by atoms with Crippen molar-refractivity contribution in [1.82, 2.24) is 25.4 Å². The Morgan fingerprint density at radius 3 is 2.47 bits per heavy atom. The van der Waals surface area contributed by atoms with Gasteiger partial charge in [-0.2, -0.15) is 0 Å². The molecule has 15 heteroatoms. The first-order chi connectivity index (χ1) is 23.6. The summed E-state index contributed by atoms with van der Waals surface area (Å²) in [5.74, 6) is -1.40. The van der Waals surface area contributed by atoms with Crippen LogP contribution in [0, 0.1) is 0 Å². The van der Waals surface area contributed by atoms with Crippen molar-refractivity contribution in [2.45, 2.75) is 32.2 Å². The first kappa shape index (κ1) is 35.1. The van der Waals surface area contributed by atoms with E-state index in [4.69, 9.17) is 0 Å². The number of aromatic amines is 1. The molecule has 4 aromatic rings. The second-order valence-corrected chi connectivity index (χ2v) is 11.8. The van der Waals surface area contributed by atoms with Crippen LogP contribution in [0.15, 0.2) is 79.0 Å². The number of urea groups is 1. The van der Waals surface area contributed by atoms with Crippen LogP contribution in [0.3, 0.4) is 0 Å². The molecule has 5 rings (SSSR count). The summed E-state index contributed by atoms with van der Waals surface area (Å²) in [4.78, 5) is 58.1. The number of aromatic nitrogens is 1. The maximum atomic E-state index is 13.4. The Kier molecular flexibility index (Phi) is 11.6. The summed E-state index contributed by atoms with van der Waals surface area (Å²) in [6.45, 7) is 3.53. The van der Waals surface area contributed by atoms with Gasteiger partial charge in [-0.25, -0.2) is 4.79 Å².